The standard InChI is InChI=1S/C56H37N5S/c1-56(2)44-21-11-9-18-40(44)43-32-38(28-30-45(43)56)54-58-52(35-14-5-3-6-15-35)57-53(59-54)36-26-24-34(25-27-36)37-29-31-47-49(33-37)62-48-23-13-20-42-50-41-19-10-12-22-46(41)60(39-16-7-4-8-17-39)55(50)61(47)51(42)48/h3-33H,1-2H3. The van der Waals surface area contributed by atoms with Crippen molar-refractivity contribution < 1.29 is 0 Å². The van der Waals surface area contributed by atoms with Crippen molar-refractivity contribution in [2.75, 3.05) is 0 Å². The summed E-state index contributed by atoms with van der Waals surface area (Å²) in [4.78, 5) is 17.8. The van der Waals surface area contributed by atoms with Crippen LogP contribution in [0.3, 0.4) is 0 Å². The number of para-hydroxylation sites is 3. The van der Waals surface area contributed by atoms with Gasteiger partial charge in [-0.3, -0.25) is 9.13 Å². The van der Waals surface area contributed by atoms with Gasteiger partial charge in [-0.05, 0) is 75.8 Å². The van der Waals surface area contributed by atoms with Crippen LogP contribution in [0.1, 0.15) is 25.0 Å². The van der Waals surface area contributed by atoms with Crippen molar-refractivity contribution in [3.05, 3.63) is 199 Å². The zero-order chi connectivity index (χ0) is 41.1. The predicted octanol–water partition coefficient (Wildman–Crippen LogP) is 14.4. The highest BCUT2D eigenvalue weighted by atomic mass is 32.2. The maximum Gasteiger partial charge on any atom is 0.164 e. The van der Waals surface area contributed by atoms with E-state index in [1.54, 1.807) is 0 Å². The van der Waals surface area contributed by atoms with Crippen LogP contribution in [-0.4, -0.2) is 24.1 Å². The number of benzene rings is 8. The second-order valence-electron chi connectivity index (χ2n) is 16.8. The van der Waals surface area contributed by atoms with Crippen LogP contribution in [0.15, 0.2) is 198 Å². The maximum atomic E-state index is 5.15. The highest BCUT2D eigenvalue weighted by molar-refractivity contribution is 7.99. The third-order valence-corrected chi connectivity index (χ3v) is 14.1. The van der Waals surface area contributed by atoms with Crippen LogP contribution in [0.4, 0.5) is 0 Å². The van der Waals surface area contributed by atoms with Gasteiger partial charge in [0.2, 0.25) is 0 Å². The summed E-state index contributed by atoms with van der Waals surface area (Å²) >= 11 is 1.85. The fraction of sp³-hybridized carbons (Fsp3) is 0.0536. The largest absolute Gasteiger partial charge is 0.295 e. The molecule has 4 heterocycles. The SMILES string of the molecule is CC1(C)c2ccccc2-c2cc(-c3nc(-c4ccccc4)nc(-c4ccc(-c5ccc6c(c5)Sc5cccc7c8c9ccccc9n(-c9ccccc9)c8n-6c57)cc4)n3)ccc21. The molecular formula is C56H37N5S. The minimum atomic E-state index is -0.0716. The number of hydrogen-bond acceptors (Lipinski definition) is 4. The van der Waals surface area contributed by atoms with Gasteiger partial charge >= 0.3 is 0 Å². The molecule has 0 N–H and O–H groups in total. The average Bonchev–Trinajstić information content (AvgIpc) is 3.93. The second kappa shape index (κ2) is 13.2. The van der Waals surface area contributed by atoms with Crippen LogP contribution in [0.25, 0.3) is 101 Å². The lowest BCUT2D eigenvalue weighted by Gasteiger charge is -2.22. The van der Waals surface area contributed by atoms with Crippen molar-refractivity contribution in [1.29, 1.82) is 0 Å². The first-order chi connectivity index (χ1) is 30.5. The van der Waals surface area contributed by atoms with E-state index in [4.69, 9.17) is 15.0 Å². The first-order valence-electron chi connectivity index (χ1n) is 21.1. The Bertz CT molecular complexity index is 3620. The molecule has 0 saturated heterocycles. The van der Waals surface area contributed by atoms with Crippen molar-refractivity contribution in [2.24, 2.45) is 0 Å². The summed E-state index contributed by atoms with van der Waals surface area (Å²) < 4.78 is 4.93. The van der Waals surface area contributed by atoms with Gasteiger partial charge in [0.05, 0.1) is 16.7 Å². The Morgan fingerprint density at radius 3 is 1.85 bits per heavy atom. The molecule has 1 aliphatic carbocycles. The van der Waals surface area contributed by atoms with E-state index in [9.17, 15) is 0 Å². The van der Waals surface area contributed by atoms with Gasteiger partial charge in [-0.2, -0.15) is 0 Å². The Morgan fingerprint density at radius 2 is 1.05 bits per heavy atom. The van der Waals surface area contributed by atoms with Gasteiger partial charge in [0.25, 0.3) is 0 Å². The van der Waals surface area contributed by atoms with E-state index in [1.165, 1.54) is 70.6 Å². The molecule has 8 aromatic carbocycles. The van der Waals surface area contributed by atoms with Crippen molar-refractivity contribution in [2.45, 2.75) is 29.1 Å². The van der Waals surface area contributed by atoms with E-state index in [0.717, 1.165) is 33.5 Å². The Labute approximate surface area is 363 Å². The van der Waals surface area contributed by atoms with Gasteiger partial charge in [0, 0.05) is 53.7 Å². The maximum absolute atomic E-state index is 5.15. The summed E-state index contributed by atoms with van der Waals surface area (Å²) in [6.07, 6.45) is 0. The molecule has 6 heteroatoms. The molecule has 0 saturated carbocycles. The first-order valence-corrected chi connectivity index (χ1v) is 21.9. The number of rotatable bonds is 5. The summed E-state index contributed by atoms with van der Waals surface area (Å²) in [5.74, 6) is 1.96. The molecule has 3 aromatic heterocycles. The highest BCUT2D eigenvalue weighted by Crippen LogP contribution is 2.51. The molecule has 0 amide bonds. The van der Waals surface area contributed by atoms with E-state index < -0.39 is 0 Å². The topological polar surface area (TPSA) is 48.5 Å². The zero-order valence-electron chi connectivity index (χ0n) is 34.0. The normalized spacial score (nSPS) is 13.4. The van der Waals surface area contributed by atoms with Crippen LogP contribution in [0, 0.1) is 0 Å². The Balaban J connectivity index is 0.909. The third-order valence-electron chi connectivity index (χ3n) is 13.0. The van der Waals surface area contributed by atoms with E-state index >= 15 is 0 Å². The minimum absolute atomic E-state index is 0.0716. The second-order valence-corrected chi connectivity index (χ2v) is 17.9. The minimum Gasteiger partial charge on any atom is -0.295 e. The number of fused-ring (bicyclic) bond motifs is 10. The van der Waals surface area contributed by atoms with Gasteiger partial charge in [-0.15, -0.1) is 0 Å². The van der Waals surface area contributed by atoms with Gasteiger partial charge < -0.3 is 0 Å². The van der Waals surface area contributed by atoms with Crippen LogP contribution in [-0.2, 0) is 5.41 Å². The molecule has 5 nitrogen and oxygen atoms in total. The van der Waals surface area contributed by atoms with Crippen LogP contribution in [0.5, 0.6) is 0 Å². The van der Waals surface area contributed by atoms with Crippen molar-refractivity contribution in [3.63, 3.8) is 0 Å². The molecule has 2 aliphatic rings. The lowest BCUT2D eigenvalue weighted by Crippen LogP contribution is -2.14. The summed E-state index contributed by atoms with van der Waals surface area (Å²) in [6, 6.07) is 67.5. The van der Waals surface area contributed by atoms with Crippen LogP contribution in [0.2, 0.25) is 0 Å². The highest BCUT2D eigenvalue weighted by Gasteiger charge is 2.35. The smallest absolute Gasteiger partial charge is 0.164 e. The summed E-state index contributed by atoms with van der Waals surface area (Å²) in [6.45, 7) is 4.61. The summed E-state index contributed by atoms with van der Waals surface area (Å²) in [7, 11) is 0. The molecule has 62 heavy (non-hydrogen) atoms. The summed E-state index contributed by atoms with van der Waals surface area (Å²) in [5, 5.41) is 3.83. The van der Waals surface area contributed by atoms with E-state index in [-0.39, 0.29) is 5.41 Å². The Morgan fingerprint density at radius 1 is 0.435 bits per heavy atom. The Hall–Kier alpha value is -7.54. The molecule has 292 valence electrons. The number of aromatic nitrogens is 5. The fourth-order valence-corrected chi connectivity index (χ4v) is 11.2. The van der Waals surface area contributed by atoms with E-state index in [1.807, 2.05) is 30.0 Å². The molecule has 0 spiro atoms. The molecule has 1 aliphatic heterocycles. The molecule has 0 atom stereocenters. The lowest BCUT2D eigenvalue weighted by molar-refractivity contribution is 0.660. The molecule has 11 aromatic rings. The summed E-state index contributed by atoms with van der Waals surface area (Å²) in [5.41, 5.74) is 16.3. The molecule has 0 unspecified atom stereocenters. The van der Waals surface area contributed by atoms with E-state index in [2.05, 4.69) is 193 Å². The van der Waals surface area contributed by atoms with Gasteiger partial charge in [0.1, 0.15) is 5.65 Å². The number of hydrogen-bond donors (Lipinski definition) is 0. The van der Waals surface area contributed by atoms with Crippen molar-refractivity contribution >= 4 is 44.6 Å². The Kier molecular flexibility index (Phi) is 7.52. The van der Waals surface area contributed by atoms with Gasteiger partial charge in [0.15, 0.2) is 17.5 Å². The number of nitrogens with zero attached hydrogens (tertiary/aromatic N) is 5. The third kappa shape index (κ3) is 5.14. The van der Waals surface area contributed by atoms with Crippen molar-refractivity contribution in [1.82, 2.24) is 24.1 Å². The quantitative estimate of drug-likeness (QED) is 0.174. The van der Waals surface area contributed by atoms with Crippen molar-refractivity contribution in [3.8, 4) is 67.8 Å². The van der Waals surface area contributed by atoms with Gasteiger partial charge in [-0.1, -0.05) is 171 Å². The van der Waals surface area contributed by atoms with E-state index in [0.29, 0.717) is 17.5 Å². The molecular weight excluding hydrogens is 775 g/mol. The van der Waals surface area contributed by atoms with Gasteiger partial charge in [-0.25, -0.2) is 15.0 Å². The van der Waals surface area contributed by atoms with Crippen LogP contribution < -0.4 is 0 Å². The first kappa shape index (κ1) is 35.2. The fourth-order valence-electron chi connectivity index (χ4n) is 10.0. The van der Waals surface area contributed by atoms with Crippen LogP contribution >= 0.6 is 11.8 Å². The molecule has 0 fully saturated rings. The average molecular weight is 812 g/mol. The molecule has 0 radical (unpaired) electrons. The lowest BCUT2D eigenvalue weighted by atomic mass is 9.82. The predicted molar refractivity (Wildman–Crippen MR) is 254 cm³/mol. The monoisotopic (exact) mass is 811 g/mol. The molecule has 13 rings (SSSR count). The zero-order valence-corrected chi connectivity index (χ0v) is 34.9. The molecule has 0 bridgehead atoms.